The fraction of sp³-hybridized carbons (Fsp3) is 0.636. The lowest BCUT2D eigenvalue weighted by Crippen LogP contribution is -2.52. The summed E-state index contributed by atoms with van der Waals surface area (Å²) in [6.45, 7) is 12.7. The van der Waals surface area contributed by atoms with Crippen LogP contribution in [-0.2, 0) is 22.4 Å². The molecule has 0 bridgehead atoms. The molecule has 2 aromatic rings. The molecule has 10 rings (SSSR count). The summed E-state index contributed by atoms with van der Waals surface area (Å²) in [5, 5.41) is 8.58. The monoisotopic (exact) mass is 736 g/mol. The molecule has 54 heavy (non-hydrogen) atoms. The second-order valence-corrected chi connectivity index (χ2v) is 17.1. The van der Waals surface area contributed by atoms with Crippen molar-refractivity contribution in [2.24, 2.45) is 22.0 Å². The molecule has 10 heteroatoms. The normalized spacial score (nSPS) is 27.2. The summed E-state index contributed by atoms with van der Waals surface area (Å²) in [6, 6.07) is 14.5. The summed E-state index contributed by atoms with van der Waals surface area (Å²) in [4.78, 5) is 28.5. The summed E-state index contributed by atoms with van der Waals surface area (Å²) in [6.07, 6.45) is 16.1. The third kappa shape index (κ3) is 7.45. The van der Waals surface area contributed by atoms with Crippen molar-refractivity contribution < 1.29 is 19.1 Å². The maximum Gasteiger partial charge on any atom is 0.243 e. The van der Waals surface area contributed by atoms with Crippen molar-refractivity contribution in [2.75, 3.05) is 26.2 Å². The van der Waals surface area contributed by atoms with E-state index in [1.807, 2.05) is 20.8 Å². The standard InChI is InChI=1S/2C21H27N3O2.C2H6/c1-14-11-18(22-23-20(14)25)15-5-6-19-16(12-15)13-21(26-19)7-9-24(10-8-21)17-3-2-4-17;1-14-11-19(25)22-23-20(14)15-5-6-18-16(12-15)13-21(26-18)7-9-24(10-8-21)17-3-2-4-17;1-2/h5-6,12,14,17H,2-4,7-11,13H2,1H3,(H,23,25);5-6,12,14,17H,2-4,7-11,13H2,1H3,(H,22,25);1-2H3. The summed E-state index contributed by atoms with van der Waals surface area (Å²) < 4.78 is 12.9. The minimum Gasteiger partial charge on any atom is -0.487 e. The van der Waals surface area contributed by atoms with E-state index >= 15 is 0 Å². The van der Waals surface area contributed by atoms with Crippen LogP contribution in [0.1, 0.15) is 127 Å². The van der Waals surface area contributed by atoms with E-state index in [0.29, 0.717) is 12.8 Å². The number of benzene rings is 2. The number of piperidine rings is 2. The van der Waals surface area contributed by atoms with Gasteiger partial charge in [-0.3, -0.25) is 9.59 Å². The number of fused-ring (bicyclic) bond motifs is 2. The Labute approximate surface area is 321 Å². The quantitative estimate of drug-likeness (QED) is 0.359. The number of hydrogen-bond donors (Lipinski definition) is 2. The van der Waals surface area contributed by atoms with Gasteiger partial charge in [0, 0.05) is 101 Å². The molecule has 2 spiro atoms. The Morgan fingerprint density at radius 1 is 0.667 bits per heavy atom. The summed E-state index contributed by atoms with van der Waals surface area (Å²) in [7, 11) is 0. The van der Waals surface area contributed by atoms with Crippen LogP contribution in [0.25, 0.3) is 0 Å². The Morgan fingerprint density at radius 3 is 1.67 bits per heavy atom. The molecular weight excluding hydrogens is 677 g/mol. The summed E-state index contributed by atoms with van der Waals surface area (Å²) >= 11 is 0. The molecule has 2 aromatic carbocycles. The SMILES string of the molecule is CC.CC1CC(=O)NN=C1c1ccc2c(c1)CC1(CCN(C3CCC3)CC1)O2.CC1CC(c2ccc3c(c2)CC2(CCN(C4CCC4)CC2)O3)=NNC1=O. The zero-order valence-corrected chi connectivity index (χ0v) is 32.9. The molecule has 8 aliphatic rings. The highest BCUT2D eigenvalue weighted by Crippen LogP contribution is 2.44. The lowest BCUT2D eigenvalue weighted by Gasteiger charge is -2.45. The van der Waals surface area contributed by atoms with Crippen LogP contribution in [0.4, 0.5) is 0 Å². The van der Waals surface area contributed by atoms with Crippen molar-refractivity contribution in [3.63, 3.8) is 0 Å². The Kier molecular flexibility index (Phi) is 10.6. The molecule has 2 saturated carbocycles. The van der Waals surface area contributed by atoms with E-state index in [9.17, 15) is 9.59 Å². The highest BCUT2D eigenvalue weighted by Gasteiger charge is 2.45. The van der Waals surface area contributed by atoms with E-state index in [0.717, 1.165) is 84.7 Å². The van der Waals surface area contributed by atoms with Gasteiger partial charge in [0.25, 0.3) is 0 Å². The number of rotatable bonds is 4. The van der Waals surface area contributed by atoms with Gasteiger partial charge in [0.15, 0.2) is 0 Å². The maximum absolute atomic E-state index is 11.6. The average Bonchev–Trinajstić information content (AvgIpc) is 3.67. The highest BCUT2D eigenvalue weighted by molar-refractivity contribution is 6.06. The van der Waals surface area contributed by atoms with Crippen LogP contribution in [0.5, 0.6) is 11.5 Å². The molecule has 2 saturated heterocycles. The minimum atomic E-state index is -0.0193. The maximum atomic E-state index is 11.6. The van der Waals surface area contributed by atoms with Gasteiger partial charge in [0.05, 0.1) is 11.4 Å². The number of hydrazone groups is 2. The number of carbonyl (C=O) groups excluding carboxylic acids is 2. The van der Waals surface area contributed by atoms with Crippen LogP contribution in [0, 0.1) is 11.8 Å². The minimum absolute atomic E-state index is 0.00270. The highest BCUT2D eigenvalue weighted by atomic mass is 16.5. The molecule has 2 N–H and O–H groups in total. The van der Waals surface area contributed by atoms with Crippen LogP contribution in [0.2, 0.25) is 0 Å². The molecule has 2 unspecified atom stereocenters. The molecule has 290 valence electrons. The molecule has 6 heterocycles. The van der Waals surface area contributed by atoms with Crippen molar-refractivity contribution >= 4 is 23.2 Å². The predicted molar refractivity (Wildman–Crippen MR) is 212 cm³/mol. The summed E-state index contributed by atoms with van der Waals surface area (Å²) in [5.74, 6) is 2.23. The molecular formula is C44H60N6O4. The Hall–Kier alpha value is -3.76. The number of likely N-dealkylation sites (tertiary alicyclic amines) is 2. The molecule has 10 nitrogen and oxygen atoms in total. The van der Waals surface area contributed by atoms with E-state index in [4.69, 9.17) is 9.47 Å². The molecule has 2 aliphatic carbocycles. The van der Waals surface area contributed by atoms with Gasteiger partial charge in [0.2, 0.25) is 11.8 Å². The number of ether oxygens (including phenoxy) is 2. The first-order valence-corrected chi connectivity index (χ1v) is 21.1. The first-order chi connectivity index (χ1) is 26.2. The first-order valence-electron chi connectivity index (χ1n) is 21.1. The molecule has 2 amide bonds. The van der Waals surface area contributed by atoms with Crippen LogP contribution in [0.3, 0.4) is 0 Å². The number of nitrogens with zero attached hydrogens (tertiary/aromatic N) is 4. The second kappa shape index (κ2) is 15.4. The Morgan fingerprint density at radius 2 is 1.19 bits per heavy atom. The number of nitrogens with one attached hydrogen (secondary N) is 2. The first kappa shape index (κ1) is 37.2. The Bertz CT molecular complexity index is 1780. The Balaban J connectivity index is 0.000000147. The van der Waals surface area contributed by atoms with Crippen molar-refractivity contribution in [1.29, 1.82) is 0 Å². The van der Waals surface area contributed by atoms with Gasteiger partial charge in [-0.1, -0.05) is 40.5 Å². The van der Waals surface area contributed by atoms with E-state index in [2.05, 4.69) is 74.2 Å². The van der Waals surface area contributed by atoms with Gasteiger partial charge in [-0.25, -0.2) is 10.9 Å². The van der Waals surface area contributed by atoms with Gasteiger partial charge in [-0.05, 0) is 84.3 Å². The third-order valence-electron chi connectivity index (χ3n) is 13.5. The lowest BCUT2D eigenvalue weighted by atomic mass is 9.83. The van der Waals surface area contributed by atoms with E-state index in [1.165, 1.54) is 75.8 Å². The van der Waals surface area contributed by atoms with E-state index in [1.54, 1.807) is 0 Å². The number of amides is 2. The lowest BCUT2D eigenvalue weighted by molar-refractivity contribution is -0.124. The van der Waals surface area contributed by atoms with E-state index in [-0.39, 0.29) is 34.9 Å². The zero-order valence-electron chi connectivity index (χ0n) is 32.9. The van der Waals surface area contributed by atoms with Crippen molar-refractivity contribution in [3.8, 4) is 11.5 Å². The van der Waals surface area contributed by atoms with E-state index < -0.39 is 0 Å². The van der Waals surface area contributed by atoms with Crippen LogP contribution >= 0.6 is 0 Å². The van der Waals surface area contributed by atoms with Crippen molar-refractivity contribution in [2.45, 2.75) is 141 Å². The largest absolute Gasteiger partial charge is 0.487 e. The molecule has 4 fully saturated rings. The van der Waals surface area contributed by atoms with Gasteiger partial charge in [-0.15, -0.1) is 0 Å². The van der Waals surface area contributed by atoms with Crippen LogP contribution < -0.4 is 20.3 Å². The topological polar surface area (TPSA) is 108 Å². The molecule has 0 aromatic heterocycles. The van der Waals surface area contributed by atoms with Gasteiger partial charge >= 0.3 is 0 Å². The van der Waals surface area contributed by atoms with Gasteiger partial charge in [0.1, 0.15) is 22.7 Å². The average molecular weight is 737 g/mol. The fourth-order valence-corrected chi connectivity index (χ4v) is 9.71. The number of carbonyl (C=O) groups is 2. The third-order valence-corrected chi connectivity index (χ3v) is 13.5. The van der Waals surface area contributed by atoms with Crippen molar-refractivity contribution in [1.82, 2.24) is 20.7 Å². The smallest absolute Gasteiger partial charge is 0.243 e. The summed E-state index contributed by atoms with van der Waals surface area (Å²) in [5.41, 5.74) is 12.0. The number of hydrogen-bond acceptors (Lipinski definition) is 8. The van der Waals surface area contributed by atoms with Crippen LogP contribution in [0.15, 0.2) is 46.6 Å². The van der Waals surface area contributed by atoms with Gasteiger partial charge in [-0.2, -0.15) is 10.2 Å². The zero-order chi connectivity index (χ0) is 37.5. The molecule has 6 aliphatic heterocycles. The van der Waals surface area contributed by atoms with Crippen molar-refractivity contribution in [3.05, 3.63) is 58.7 Å². The van der Waals surface area contributed by atoms with Crippen LogP contribution in [-0.4, -0.2) is 82.5 Å². The molecule has 0 radical (unpaired) electrons. The second-order valence-electron chi connectivity index (χ2n) is 17.1. The predicted octanol–water partition coefficient (Wildman–Crippen LogP) is 6.76. The molecule has 2 atom stereocenters. The van der Waals surface area contributed by atoms with Gasteiger partial charge < -0.3 is 19.3 Å². The fourth-order valence-electron chi connectivity index (χ4n) is 9.71.